The fraction of sp³-hybridized carbons (Fsp3) is 0.898. The first-order chi connectivity index (χ1) is 32.8. The molecule has 3 fully saturated rings. The second-order valence-electron chi connectivity index (χ2n) is 18.6. The second kappa shape index (κ2) is 34.6. The van der Waals surface area contributed by atoms with Crippen LogP contribution in [0.15, 0.2) is 24.3 Å². The molecule has 68 heavy (non-hydrogen) atoms. The SMILES string of the molecule is CCC/C=C/CC/C=C/C(O)C(COC1OC(CO)C(OC2OC(CO)C(OC3OC(CO)C(O)C(O)C3O)C(O)C2O)C(O)C1O)NC(=O)CCCCCCCCCCCCCCCCCC. The van der Waals surface area contributed by atoms with Crippen LogP contribution >= 0.6 is 0 Å². The number of nitrogens with one attached hydrogen (secondary N) is 1. The molecule has 3 heterocycles. The van der Waals surface area contributed by atoms with Crippen LogP contribution in [0.3, 0.4) is 0 Å². The van der Waals surface area contributed by atoms with Gasteiger partial charge >= 0.3 is 0 Å². The number of ether oxygens (including phenoxy) is 6. The van der Waals surface area contributed by atoms with Gasteiger partial charge in [-0.2, -0.15) is 0 Å². The lowest BCUT2D eigenvalue weighted by atomic mass is 9.96. The minimum atomic E-state index is -1.98. The molecule has 0 aromatic rings. The summed E-state index contributed by atoms with van der Waals surface area (Å²) in [7, 11) is 0. The average molecular weight is 980 g/mol. The van der Waals surface area contributed by atoms with E-state index in [0.29, 0.717) is 12.8 Å². The number of aliphatic hydroxyl groups excluding tert-OH is 11. The number of rotatable bonds is 35. The van der Waals surface area contributed by atoms with E-state index in [4.69, 9.17) is 28.4 Å². The lowest BCUT2D eigenvalue weighted by Gasteiger charge is -2.48. The average Bonchev–Trinajstić information content (AvgIpc) is 3.33. The van der Waals surface area contributed by atoms with E-state index in [0.717, 1.165) is 38.5 Å². The zero-order valence-electron chi connectivity index (χ0n) is 40.6. The summed E-state index contributed by atoms with van der Waals surface area (Å²) in [5, 5.41) is 119. The monoisotopic (exact) mass is 980 g/mol. The lowest BCUT2D eigenvalue weighted by molar-refractivity contribution is -0.379. The molecule has 0 aromatic carbocycles. The van der Waals surface area contributed by atoms with Crippen molar-refractivity contribution >= 4 is 5.91 Å². The van der Waals surface area contributed by atoms with Crippen molar-refractivity contribution in [3.8, 4) is 0 Å². The summed E-state index contributed by atoms with van der Waals surface area (Å²) in [5.74, 6) is -0.291. The molecule has 19 nitrogen and oxygen atoms in total. The van der Waals surface area contributed by atoms with E-state index in [9.17, 15) is 61.0 Å². The molecular formula is C49H89NO18. The van der Waals surface area contributed by atoms with E-state index in [2.05, 4.69) is 31.3 Å². The van der Waals surface area contributed by atoms with Gasteiger partial charge in [-0.15, -0.1) is 0 Å². The fourth-order valence-electron chi connectivity index (χ4n) is 8.68. The van der Waals surface area contributed by atoms with Gasteiger partial charge < -0.3 is 89.9 Å². The molecular weight excluding hydrogens is 891 g/mol. The topological polar surface area (TPSA) is 307 Å². The standard InChI is InChI=1S/C49H89NO18/c1-3-5-7-9-11-12-13-14-15-16-17-18-19-21-23-25-27-37(55)50-32(33(54)26-24-22-20-10-8-6-4-2)31-63-47-43(61)40(58)45(35(29-52)65-47)68-49-44(62)41(59)46(36(30-53)66-49)67-48-42(60)39(57)38(56)34(28-51)64-48/h8,10,24,26,32-36,38-49,51-54,56-62H,3-7,9,11-23,25,27-31H2,1-2H3,(H,50,55)/b10-8+,26-24+. The van der Waals surface area contributed by atoms with E-state index in [1.165, 1.54) is 77.0 Å². The molecule has 1 amide bonds. The van der Waals surface area contributed by atoms with Gasteiger partial charge in [0.15, 0.2) is 18.9 Å². The Hall–Kier alpha value is -1.73. The van der Waals surface area contributed by atoms with E-state index in [-0.39, 0.29) is 18.9 Å². The van der Waals surface area contributed by atoms with Gasteiger partial charge in [-0.05, 0) is 25.7 Å². The highest BCUT2D eigenvalue weighted by molar-refractivity contribution is 5.76. The molecule has 12 N–H and O–H groups in total. The van der Waals surface area contributed by atoms with Crippen molar-refractivity contribution in [2.45, 2.75) is 253 Å². The summed E-state index contributed by atoms with van der Waals surface area (Å²) in [6.45, 7) is 1.55. The van der Waals surface area contributed by atoms with Crippen molar-refractivity contribution in [3.63, 3.8) is 0 Å². The van der Waals surface area contributed by atoms with Crippen LogP contribution < -0.4 is 5.32 Å². The van der Waals surface area contributed by atoms with Crippen LogP contribution in [0.5, 0.6) is 0 Å². The van der Waals surface area contributed by atoms with E-state index in [1.54, 1.807) is 12.2 Å². The van der Waals surface area contributed by atoms with E-state index in [1.807, 2.05) is 0 Å². The maximum Gasteiger partial charge on any atom is 0.220 e. The molecule has 0 aliphatic carbocycles. The highest BCUT2D eigenvalue weighted by atomic mass is 16.8. The van der Waals surface area contributed by atoms with E-state index < -0.39 is 124 Å². The summed E-state index contributed by atoms with van der Waals surface area (Å²) in [5.41, 5.74) is 0. The molecule has 3 saturated heterocycles. The Morgan fingerprint density at radius 2 is 0.941 bits per heavy atom. The molecule has 3 aliphatic rings. The molecule has 0 aromatic heterocycles. The summed E-state index contributed by atoms with van der Waals surface area (Å²) >= 11 is 0. The Kier molecular flexibility index (Phi) is 30.8. The van der Waals surface area contributed by atoms with Crippen molar-refractivity contribution in [1.82, 2.24) is 5.32 Å². The van der Waals surface area contributed by atoms with Crippen LogP contribution in [0.2, 0.25) is 0 Å². The third-order valence-corrected chi connectivity index (χ3v) is 13.0. The van der Waals surface area contributed by atoms with Crippen molar-refractivity contribution in [3.05, 3.63) is 24.3 Å². The predicted octanol–water partition coefficient (Wildman–Crippen LogP) is 1.64. The van der Waals surface area contributed by atoms with Crippen LogP contribution in [0, 0.1) is 0 Å². The van der Waals surface area contributed by atoms with Gasteiger partial charge in [0.05, 0.1) is 38.6 Å². The van der Waals surface area contributed by atoms with Crippen LogP contribution in [0.25, 0.3) is 0 Å². The number of unbranched alkanes of at least 4 members (excludes halogenated alkanes) is 17. The third kappa shape index (κ3) is 20.4. The molecule has 3 aliphatic heterocycles. The van der Waals surface area contributed by atoms with Gasteiger partial charge in [-0.3, -0.25) is 4.79 Å². The van der Waals surface area contributed by atoms with Gasteiger partial charge in [0.25, 0.3) is 0 Å². The molecule has 19 heteroatoms. The molecule has 0 radical (unpaired) electrons. The van der Waals surface area contributed by atoms with Crippen LogP contribution in [-0.4, -0.2) is 193 Å². The van der Waals surface area contributed by atoms with Gasteiger partial charge in [-0.25, -0.2) is 0 Å². The third-order valence-electron chi connectivity index (χ3n) is 13.0. The maximum absolute atomic E-state index is 13.2. The largest absolute Gasteiger partial charge is 0.394 e. The maximum atomic E-state index is 13.2. The molecule has 17 atom stereocenters. The fourth-order valence-corrected chi connectivity index (χ4v) is 8.68. The molecule has 0 bridgehead atoms. The molecule has 17 unspecified atom stereocenters. The van der Waals surface area contributed by atoms with Gasteiger partial charge in [-0.1, -0.05) is 141 Å². The quantitative estimate of drug-likeness (QED) is 0.0317. The first-order valence-corrected chi connectivity index (χ1v) is 25.6. The number of carbonyl (C=O) groups is 1. The number of carbonyl (C=O) groups excluding carboxylic acids is 1. The number of amides is 1. The van der Waals surface area contributed by atoms with Crippen molar-refractivity contribution in [2.75, 3.05) is 26.4 Å². The number of hydrogen-bond donors (Lipinski definition) is 12. The van der Waals surface area contributed by atoms with E-state index >= 15 is 0 Å². The highest BCUT2D eigenvalue weighted by Gasteiger charge is 2.53. The van der Waals surface area contributed by atoms with Gasteiger partial charge in [0.2, 0.25) is 5.91 Å². The molecule has 0 spiro atoms. The number of aliphatic hydroxyl groups is 11. The van der Waals surface area contributed by atoms with Crippen molar-refractivity contribution in [1.29, 1.82) is 0 Å². The van der Waals surface area contributed by atoms with Crippen LogP contribution in [0.1, 0.15) is 149 Å². The summed E-state index contributed by atoms with van der Waals surface area (Å²) in [6, 6.07) is -0.981. The smallest absolute Gasteiger partial charge is 0.220 e. The molecule has 0 saturated carbocycles. The number of allylic oxidation sites excluding steroid dienone is 3. The number of hydrogen-bond acceptors (Lipinski definition) is 18. The summed E-state index contributed by atoms with van der Waals surface area (Å²) in [4.78, 5) is 13.2. The van der Waals surface area contributed by atoms with Crippen LogP contribution in [0.4, 0.5) is 0 Å². The minimum Gasteiger partial charge on any atom is -0.394 e. The first-order valence-electron chi connectivity index (χ1n) is 25.6. The Bertz CT molecular complexity index is 1360. The van der Waals surface area contributed by atoms with Gasteiger partial charge in [0.1, 0.15) is 73.2 Å². The van der Waals surface area contributed by atoms with Crippen molar-refractivity contribution in [2.24, 2.45) is 0 Å². The highest BCUT2D eigenvalue weighted by Crippen LogP contribution is 2.33. The second-order valence-corrected chi connectivity index (χ2v) is 18.6. The normalized spacial score (nSPS) is 33.3. The first kappa shape index (κ1) is 60.6. The zero-order chi connectivity index (χ0) is 49.8. The molecule has 3 rings (SSSR count). The Labute approximate surface area is 403 Å². The zero-order valence-corrected chi connectivity index (χ0v) is 40.6. The Balaban J connectivity index is 1.52. The predicted molar refractivity (Wildman–Crippen MR) is 250 cm³/mol. The molecule has 398 valence electrons. The summed E-state index contributed by atoms with van der Waals surface area (Å²) in [6.07, 6.45) is 3.71. The summed E-state index contributed by atoms with van der Waals surface area (Å²) < 4.78 is 34.0. The minimum absolute atomic E-state index is 0.238. The van der Waals surface area contributed by atoms with Crippen molar-refractivity contribution < 1.29 is 89.4 Å². The van der Waals surface area contributed by atoms with Crippen LogP contribution in [-0.2, 0) is 33.2 Å². The van der Waals surface area contributed by atoms with Gasteiger partial charge in [0, 0.05) is 6.42 Å². The Morgan fingerprint density at radius 1 is 0.515 bits per heavy atom. The Morgan fingerprint density at radius 3 is 1.44 bits per heavy atom. The lowest BCUT2D eigenvalue weighted by Crippen LogP contribution is -2.66.